The first kappa shape index (κ1) is 21.9. The molecule has 2 N–H and O–H groups in total. The highest BCUT2D eigenvalue weighted by atomic mass is 16.3. The summed E-state index contributed by atoms with van der Waals surface area (Å²) in [7, 11) is 0. The Morgan fingerprint density at radius 1 is 0.861 bits per heavy atom. The van der Waals surface area contributed by atoms with Gasteiger partial charge in [-0.1, -0.05) is 60.7 Å². The molecule has 6 heteroatoms. The number of urea groups is 1. The highest BCUT2D eigenvalue weighted by molar-refractivity contribution is 6.09. The average Bonchev–Trinajstić information content (AvgIpc) is 3.40. The van der Waals surface area contributed by atoms with Crippen molar-refractivity contribution < 1.29 is 14.0 Å². The van der Waals surface area contributed by atoms with Crippen molar-refractivity contribution >= 4 is 28.9 Å². The van der Waals surface area contributed by atoms with Crippen LogP contribution in [0.3, 0.4) is 0 Å². The number of furan rings is 1. The number of carbonyl (C=O) groups excluding carboxylic acids is 2. The van der Waals surface area contributed by atoms with Crippen molar-refractivity contribution in [1.29, 1.82) is 0 Å². The lowest BCUT2D eigenvalue weighted by molar-refractivity contribution is -0.116. The maximum Gasteiger partial charge on any atom is 0.327 e. The van der Waals surface area contributed by atoms with Gasteiger partial charge in [-0.25, -0.2) is 4.79 Å². The summed E-state index contributed by atoms with van der Waals surface area (Å²) in [4.78, 5) is 29.5. The van der Waals surface area contributed by atoms with Crippen LogP contribution in [0.25, 0.3) is 0 Å². The second kappa shape index (κ2) is 9.23. The van der Waals surface area contributed by atoms with Crippen LogP contribution < -0.4 is 15.5 Å². The summed E-state index contributed by atoms with van der Waals surface area (Å²) < 4.78 is 5.66. The lowest BCUT2D eigenvalue weighted by Crippen LogP contribution is -2.41. The van der Waals surface area contributed by atoms with Gasteiger partial charge in [0.1, 0.15) is 5.76 Å². The molecule has 0 bridgehead atoms. The van der Waals surface area contributed by atoms with Crippen LogP contribution in [0, 0.1) is 0 Å². The summed E-state index contributed by atoms with van der Waals surface area (Å²) in [6, 6.07) is 29.7. The Labute approximate surface area is 209 Å². The fourth-order valence-electron chi connectivity index (χ4n) is 5.19. The standard InChI is InChI=1S/C30H25N3O3/c34-26-19-21(27-16-9-17-36-27)18-24-28(26)29(20-10-3-1-4-11-20)33(25-15-8-7-14-23(25)32-24)30(35)31-22-12-5-2-6-13-22/h1-17,21,29,32H,18-19H2,(H,31,35)/t21-,29+/m0/s1. The molecule has 0 spiro atoms. The summed E-state index contributed by atoms with van der Waals surface area (Å²) >= 11 is 0. The molecule has 0 saturated heterocycles. The number of hydrogen-bond donors (Lipinski definition) is 2. The fourth-order valence-corrected chi connectivity index (χ4v) is 5.19. The number of carbonyl (C=O) groups is 2. The molecule has 178 valence electrons. The van der Waals surface area contributed by atoms with Gasteiger partial charge in [-0.2, -0.15) is 0 Å². The quantitative estimate of drug-likeness (QED) is 0.338. The number of nitrogens with one attached hydrogen (secondary N) is 2. The first-order valence-corrected chi connectivity index (χ1v) is 12.0. The molecule has 6 rings (SSSR count). The van der Waals surface area contributed by atoms with Crippen molar-refractivity contribution in [3.05, 3.63) is 126 Å². The Kier molecular flexibility index (Phi) is 5.62. The van der Waals surface area contributed by atoms with Gasteiger partial charge in [0.05, 0.1) is 23.7 Å². The van der Waals surface area contributed by atoms with E-state index in [-0.39, 0.29) is 17.7 Å². The third kappa shape index (κ3) is 3.96. The zero-order valence-electron chi connectivity index (χ0n) is 19.6. The molecule has 2 amide bonds. The smallest absolute Gasteiger partial charge is 0.327 e. The van der Waals surface area contributed by atoms with E-state index in [9.17, 15) is 9.59 Å². The highest BCUT2D eigenvalue weighted by Crippen LogP contribution is 2.47. The van der Waals surface area contributed by atoms with Crippen LogP contribution >= 0.6 is 0 Å². The first-order chi connectivity index (χ1) is 17.7. The molecule has 0 fully saturated rings. The number of hydrogen-bond acceptors (Lipinski definition) is 4. The van der Waals surface area contributed by atoms with Crippen LogP contribution in [0.2, 0.25) is 0 Å². The Morgan fingerprint density at radius 3 is 2.33 bits per heavy atom. The van der Waals surface area contributed by atoms with Gasteiger partial charge in [0.15, 0.2) is 5.78 Å². The van der Waals surface area contributed by atoms with Crippen LogP contribution in [0.5, 0.6) is 0 Å². The fraction of sp³-hybridized carbons (Fsp3) is 0.133. The van der Waals surface area contributed by atoms with Gasteiger partial charge in [0.25, 0.3) is 0 Å². The topological polar surface area (TPSA) is 74.6 Å². The predicted molar refractivity (Wildman–Crippen MR) is 140 cm³/mol. The van der Waals surface area contributed by atoms with Crippen LogP contribution in [-0.2, 0) is 4.79 Å². The van der Waals surface area contributed by atoms with E-state index in [1.54, 1.807) is 11.2 Å². The van der Waals surface area contributed by atoms with E-state index in [2.05, 4.69) is 10.6 Å². The lowest BCUT2D eigenvalue weighted by atomic mass is 9.80. The zero-order chi connectivity index (χ0) is 24.5. The molecule has 2 heterocycles. The van der Waals surface area contributed by atoms with E-state index in [1.165, 1.54) is 0 Å². The largest absolute Gasteiger partial charge is 0.469 e. The number of para-hydroxylation sites is 3. The van der Waals surface area contributed by atoms with Crippen molar-refractivity contribution in [1.82, 2.24) is 0 Å². The van der Waals surface area contributed by atoms with Crippen molar-refractivity contribution in [3.63, 3.8) is 0 Å². The maximum absolute atomic E-state index is 13.9. The van der Waals surface area contributed by atoms with Crippen LogP contribution in [0.1, 0.15) is 36.1 Å². The van der Waals surface area contributed by atoms with Gasteiger partial charge >= 0.3 is 6.03 Å². The molecule has 0 unspecified atom stereocenters. The number of anilines is 3. The number of nitrogens with zero attached hydrogens (tertiary/aromatic N) is 1. The molecule has 0 saturated carbocycles. The molecule has 4 aromatic rings. The summed E-state index contributed by atoms with van der Waals surface area (Å²) in [5.41, 5.74) is 4.48. The molecule has 1 aliphatic carbocycles. The molecular formula is C30H25N3O3. The third-order valence-electron chi connectivity index (χ3n) is 6.79. The Bertz CT molecular complexity index is 1430. The van der Waals surface area contributed by atoms with Crippen molar-refractivity contribution in [2.75, 3.05) is 15.5 Å². The number of rotatable bonds is 3. The number of ketones is 1. The maximum atomic E-state index is 13.9. The first-order valence-electron chi connectivity index (χ1n) is 12.0. The number of amides is 2. The number of allylic oxidation sites excluding steroid dienone is 1. The van der Waals surface area contributed by atoms with E-state index in [4.69, 9.17) is 4.42 Å². The Balaban J connectivity index is 1.52. The minimum absolute atomic E-state index is 0.00400. The molecule has 3 aromatic carbocycles. The van der Waals surface area contributed by atoms with Crippen LogP contribution in [0.15, 0.2) is 119 Å². The van der Waals surface area contributed by atoms with Crippen molar-refractivity contribution in [3.8, 4) is 0 Å². The molecule has 1 aliphatic heterocycles. The minimum Gasteiger partial charge on any atom is -0.469 e. The Morgan fingerprint density at radius 2 is 1.58 bits per heavy atom. The molecule has 0 radical (unpaired) electrons. The second-order valence-electron chi connectivity index (χ2n) is 9.06. The van der Waals surface area contributed by atoms with E-state index in [1.807, 2.05) is 97.1 Å². The molecule has 2 aliphatic rings. The molecular weight excluding hydrogens is 450 g/mol. The van der Waals surface area contributed by atoms with Crippen molar-refractivity contribution in [2.24, 2.45) is 0 Å². The zero-order valence-corrected chi connectivity index (χ0v) is 19.6. The summed E-state index contributed by atoms with van der Waals surface area (Å²) in [6.45, 7) is 0. The third-order valence-corrected chi connectivity index (χ3v) is 6.79. The predicted octanol–water partition coefficient (Wildman–Crippen LogP) is 6.89. The monoisotopic (exact) mass is 475 g/mol. The van der Waals surface area contributed by atoms with Gasteiger partial charge in [-0.15, -0.1) is 0 Å². The van der Waals surface area contributed by atoms with Gasteiger partial charge in [0.2, 0.25) is 0 Å². The van der Waals surface area contributed by atoms with Crippen LogP contribution in [-0.4, -0.2) is 11.8 Å². The van der Waals surface area contributed by atoms with E-state index >= 15 is 0 Å². The molecule has 6 nitrogen and oxygen atoms in total. The molecule has 2 atom stereocenters. The van der Waals surface area contributed by atoms with E-state index in [0.29, 0.717) is 29.8 Å². The SMILES string of the molecule is O=C1C[C@@H](c2ccco2)CC2=C1[C@@H](c1ccccc1)N(C(=O)Nc1ccccc1)c1ccccc1N2. The van der Waals surface area contributed by atoms with Gasteiger partial charge in [-0.05, 0) is 48.4 Å². The summed E-state index contributed by atoms with van der Waals surface area (Å²) in [5.74, 6) is 0.737. The highest BCUT2D eigenvalue weighted by Gasteiger charge is 2.42. The number of benzene rings is 3. The average molecular weight is 476 g/mol. The lowest BCUT2D eigenvalue weighted by Gasteiger charge is -2.34. The number of fused-ring (bicyclic) bond motifs is 1. The molecule has 1 aromatic heterocycles. The van der Waals surface area contributed by atoms with Gasteiger partial charge < -0.3 is 15.1 Å². The van der Waals surface area contributed by atoms with E-state index < -0.39 is 6.04 Å². The van der Waals surface area contributed by atoms with Crippen molar-refractivity contribution in [2.45, 2.75) is 24.8 Å². The minimum atomic E-state index is -0.592. The van der Waals surface area contributed by atoms with Crippen LogP contribution in [0.4, 0.5) is 21.9 Å². The number of Topliss-reactive ketones (excluding diaryl/α,β-unsaturated/α-hetero) is 1. The second-order valence-corrected chi connectivity index (χ2v) is 9.06. The normalized spacial score (nSPS) is 19.1. The Hall–Kier alpha value is -4.58. The van der Waals surface area contributed by atoms with Gasteiger partial charge in [-0.3, -0.25) is 9.69 Å². The summed E-state index contributed by atoms with van der Waals surface area (Å²) in [5, 5.41) is 6.56. The molecule has 36 heavy (non-hydrogen) atoms. The van der Waals surface area contributed by atoms with E-state index in [0.717, 1.165) is 22.7 Å². The van der Waals surface area contributed by atoms with Gasteiger partial charge in [0, 0.05) is 29.3 Å². The summed E-state index contributed by atoms with van der Waals surface area (Å²) in [6.07, 6.45) is 2.57.